The second kappa shape index (κ2) is 5.97. The minimum absolute atomic E-state index is 0.00750. The van der Waals surface area contributed by atoms with Gasteiger partial charge in [0.05, 0.1) is 11.1 Å². The van der Waals surface area contributed by atoms with Gasteiger partial charge >= 0.3 is 0 Å². The SMILES string of the molecule is CCCC(N)C(=O)Cc1cccc(Cl)c1F. The highest BCUT2D eigenvalue weighted by molar-refractivity contribution is 6.30. The Bertz CT molecular complexity index is 381. The highest BCUT2D eigenvalue weighted by atomic mass is 35.5. The van der Waals surface area contributed by atoms with Crippen LogP contribution < -0.4 is 5.73 Å². The number of halogens is 2. The zero-order valence-electron chi connectivity index (χ0n) is 9.17. The first kappa shape index (κ1) is 13.1. The van der Waals surface area contributed by atoms with E-state index in [0.717, 1.165) is 6.42 Å². The van der Waals surface area contributed by atoms with Gasteiger partial charge in [0, 0.05) is 6.42 Å². The standard InChI is InChI=1S/C12H15ClFNO/c1-2-4-10(15)11(16)7-8-5-3-6-9(13)12(8)14/h3,5-6,10H,2,4,7,15H2,1H3. The summed E-state index contributed by atoms with van der Waals surface area (Å²) in [6, 6.07) is 4.12. The molecular formula is C12H15ClFNO. The summed E-state index contributed by atoms with van der Waals surface area (Å²) in [5, 5.41) is 0.0364. The number of ketones is 1. The predicted octanol–water partition coefficient (Wildman–Crippen LogP) is 2.72. The summed E-state index contributed by atoms with van der Waals surface area (Å²) in [7, 11) is 0. The van der Waals surface area contributed by atoms with E-state index in [0.29, 0.717) is 12.0 Å². The van der Waals surface area contributed by atoms with Crippen LogP contribution in [-0.4, -0.2) is 11.8 Å². The number of Topliss-reactive ketones (excluding diaryl/α,β-unsaturated/α-hetero) is 1. The maximum Gasteiger partial charge on any atom is 0.153 e. The molecule has 0 aliphatic carbocycles. The molecule has 0 aromatic heterocycles. The molecule has 16 heavy (non-hydrogen) atoms. The van der Waals surface area contributed by atoms with E-state index >= 15 is 0 Å². The van der Waals surface area contributed by atoms with E-state index in [4.69, 9.17) is 17.3 Å². The first-order chi connectivity index (χ1) is 7.56. The van der Waals surface area contributed by atoms with Gasteiger partial charge in [-0.05, 0) is 18.1 Å². The summed E-state index contributed by atoms with van der Waals surface area (Å²) in [4.78, 5) is 11.6. The van der Waals surface area contributed by atoms with Crippen molar-refractivity contribution in [3.8, 4) is 0 Å². The second-order valence-corrected chi connectivity index (χ2v) is 4.16. The topological polar surface area (TPSA) is 43.1 Å². The smallest absolute Gasteiger partial charge is 0.153 e. The van der Waals surface area contributed by atoms with Crippen LogP contribution >= 0.6 is 11.6 Å². The largest absolute Gasteiger partial charge is 0.321 e. The summed E-state index contributed by atoms with van der Waals surface area (Å²) in [6.07, 6.45) is 1.47. The predicted molar refractivity (Wildman–Crippen MR) is 63.0 cm³/mol. The summed E-state index contributed by atoms with van der Waals surface area (Å²) in [5.41, 5.74) is 5.97. The van der Waals surface area contributed by atoms with E-state index in [9.17, 15) is 9.18 Å². The van der Waals surface area contributed by atoms with Crippen LogP contribution in [0.25, 0.3) is 0 Å². The van der Waals surface area contributed by atoms with Crippen molar-refractivity contribution in [2.75, 3.05) is 0 Å². The lowest BCUT2D eigenvalue weighted by atomic mass is 10.0. The third kappa shape index (κ3) is 3.29. The highest BCUT2D eigenvalue weighted by Gasteiger charge is 2.16. The lowest BCUT2D eigenvalue weighted by molar-refractivity contribution is -0.119. The molecule has 0 amide bonds. The summed E-state index contributed by atoms with van der Waals surface area (Å²) < 4.78 is 13.5. The molecule has 0 fully saturated rings. The van der Waals surface area contributed by atoms with Crippen LogP contribution in [0.15, 0.2) is 18.2 Å². The molecule has 4 heteroatoms. The molecule has 0 saturated carbocycles. The minimum atomic E-state index is -0.527. The molecule has 88 valence electrons. The van der Waals surface area contributed by atoms with Gasteiger partial charge in [-0.1, -0.05) is 37.1 Å². The summed E-state index contributed by atoms with van der Waals surface area (Å²) in [6.45, 7) is 1.95. The fourth-order valence-electron chi connectivity index (χ4n) is 1.48. The molecule has 1 aromatic carbocycles. The van der Waals surface area contributed by atoms with Crippen molar-refractivity contribution in [2.45, 2.75) is 32.2 Å². The Morgan fingerprint density at radius 3 is 2.88 bits per heavy atom. The van der Waals surface area contributed by atoms with Crippen molar-refractivity contribution in [2.24, 2.45) is 5.73 Å². The van der Waals surface area contributed by atoms with Gasteiger partial charge in [-0.25, -0.2) is 4.39 Å². The van der Waals surface area contributed by atoms with Gasteiger partial charge < -0.3 is 5.73 Å². The molecule has 1 atom stereocenters. The van der Waals surface area contributed by atoms with Crippen molar-refractivity contribution in [1.29, 1.82) is 0 Å². The van der Waals surface area contributed by atoms with Gasteiger partial charge in [0.15, 0.2) is 5.78 Å². The Balaban J connectivity index is 2.73. The Labute approximate surface area is 99.6 Å². The third-order valence-electron chi connectivity index (χ3n) is 2.41. The number of carbonyl (C=O) groups is 1. The van der Waals surface area contributed by atoms with Crippen molar-refractivity contribution in [3.05, 3.63) is 34.6 Å². The number of carbonyl (C=O) groups excluding carboxylic acids is 1. The van der Waals surface area contributed by atoms with Crippen LogP contribution in [-0.2, 0) is 11.2 Å². The molecule has 2 N–H and O–H groups in total. The molecule has 0 saturated heterocycles. The minimum Gasteiger partial charge on any atom is -0.321 e. The number of hydrogen-bond donors (Lipinski definition) is 1. The van der Waals surface area contributed by atoms with Gasteiger partial charge in [0.25, 0.3) is 0 Å². The number of nitrogens with two attached hydrogens (primary N) is 1. The molecule has 0 spiro atoms. The van der Waals surface area contributed by atoms with E-state index in [1.807, 2.05) is 6.92 Å². The monoisotopic (exact) mass is 243 g/mol. The Morgan fingerprint density at radius 1 is 1.56 bits per heavy atom. The Morgan fingerprint density at radius 2 is 2.25 bits per heavy atom. The van der Waals surface area contributed by atoms with Crippen molar-refractivity contribution < 1.29 is 9.18 Å². The molecular weight excluding hydrogens is 229 g/mol. The maximum atomic E-state index is 13.5. The fraction of sp³-hybridized carbons (Fsp3) is 0.417. The number of benzene rings is 1. The molecule has 0 heterocycles. The molecule has 1 rings (SSSR count). The summed E-state index contributed by atoms with van der Waals surface area (Å²) >= 11 is 5.62. The van der Waals surface area contributed by atoms with Crippen LogP contribution in [0, 0.1) is 5.82 Å². The zero-order chi connectivity index (χ0) is 12.1. The molecule has 1 aromatic rings. The molecule has 0 radical (unpaired) electrons. The van der Waals surface area contributed by atoms with E-state index < -0.39 is 11.9 Å². The van der Waals surface area contributed by atoms with Crippen LogP contribution in [0.3, 0.4) is 0 Å². The van der Waals surface area contributed by atoms with Gasteiger partial charge in [0.2, 0.25) is 0 Å². The van der Waals surface area contributed by atoms with Gasteiger partial charge in [0.1, 0.15) is 5.82 Å². The summed E-state index contributed by atoms with van der Waals surface area (Å²) in [5.74, 6) is -0.677. The average molecular weight is 244 g/mol. The van der Waals surface area contributed by atoms with Crippen molar-refractivity contribution >= 4 is 17.4 Å². The second-order valence-electron chi connectivity index (χ2n) is 3.75. The number of hydrogen-bond acceptors (Lipinski definition) is 2. The molecule has 2 nitrogen and oxygen atoms in total. The fourth-order valence-corrected chi connectivity index (χ4v) is 1.67. The van der Waals surface area contributed by atoms with E-state index in [-0.39, 0.29) is 17.2 Å². The quantitative estimate of drug-likeness (QED) is 0.864. The third-order valence-corrected chi connectivity index (χ3v) is 2.70. The molecule has 0 aliphatic rings. The first-order valence-corrected chi connectivity index (χ1v) is 5.65. The van der Waals surface area contributed by atoms with Crippen LogP contribution in [0.2, 0.25) is 5.02 Å². The Hall–Kier alpha value is -0.930. The van der Waals surface area contributed by atoms with Gasteiger partial charge in [-0.3, -0.25) is 4.79 Å². The van der Waals surface area contributed by atoms with Crippen LogP contribution in [0.5, 0.6) is 0 Å². The van der Waals surface area contributed by atoms with E-state index in [1.165, 1.54) is 6.07 Å². The van der Waals surface area contributed by atoms with Crippen molar-refractivity contribution in [1.82, 2.24) is 0 Å². The molecule has 0 bridgehead atoms. The maximum absolute atomic E-state index is 13.5. The van der Waals surface area contributed by atoms with Gasteiger partial charge in [-0.15, -0.1) is 0 Å². The normalized spacial score (nSPS) is 12.5. The lowest BCUT2D eigenvalue weighted by Crippen LogP contribution is -2.31. The lowest BCUT2D eigenvalue weighted by Gasteiger charge is -2.09. The highest BCUT2D eigenvalue weighted by Crippen LogP contribution is 2.18. The van der Waals surface area contributed by atoms with Crippen LogP contribution in [0.1, 0.15) is 25.3 Å². The zero-order valence-corrected chi connectivity index (χ0v) is 9.93. The van der Waals surface area contributed by atoms with E-state index in [1.54, 1.807) is 12.1 Å². The number of rotatable bonds is 5. The van der Waals surface area contributed by atoms with Gasteiger partial charge in [-0.2, -0.15) is 0 Å². The van der Waals surface area contributed by atoms with Crippen LogP contribution in [0.4, 0.5) is 4.39 Å². The first-order valence-electron chi connectivity index (χ1n) is 5.27. The Kier molecular flexibility index (Phi) is 4.90. The van der Waals surface area contributed by atoms with Crippen molar-refractivity contribution in [3.63, 3.8) is 0 Å². The average Bonchev–Trinajstić information content (AvgIpc) is 2.25. The molecule has 0 aliphatic heterocycles. The molecule has 1 unspecified atom stereocenters. The van der Waals surface area contributed by atoms with E-state index in [2.05, 4.69) is 0 Å².